The van der Waals surface area contributed by atoms with Crippen LogP contribution in [0.5, 0.6) is 5.75 Å². The van der Waals surface area contributed by atoms with Crippen molar-refractivity contribution in [1.29, 1.82) is 0 Å². The predicted octanol–water partition coefficient (Wildman–Crippen LogP) is 3.16. The minimum atomic E-state index is -1.34. The summed E-state index contributed by atoms with van der Waals surface area (Å²) in [5.74, 6) is 0.772. The fourth-order valence-electron chi connectivity index (χ4n) is 3.44. The van der Waals surface area contributed by atoms with Gasteiger partial charge in [0.25, 0.3) is 0 Å². The van der Waals surface area contributed by atoms with Gasteiger partial charge in [0.1, 0.15) is 18.0 Å². The summed E-state index contributed by atoms with van der Waals surface area (Å²) in [5, 5.41) is 0. The highest BCUT2D eigenvalue weighted by atomic mass is 19.1. The Morgan fingerprint density at radius 2 is 1.89 bits per heavy atom. The average molecular weight is 380 g/mol. The van der Waals surface area contributed by atoms with Crippen LogP contribution in [0.15, 0.2) is 12.1 Å². The molecule has 3 rings (SSSR count). The van der Waals surface area contributed by atoms with E-state index in [1.54, 1.807) is 4.90 Å². The van der Waals surface area contributed by atoms with Crippen molar-refractivity contribution in [2.75, 3.05) is 44.8 Å². The largest absolute Gasteiger partial charge is 0.490 e. The number of methoxy groups -OCH3 is 1. The van der Waals surface area contributed by atoms with Gasteiger partial charge >= 0.3 is 6.09 Å². The smallest absolute Gasteiger partial charge is 0.410 e. The van der Waals surface area contributed by atoms with Gasteiger partial charge in [-0.25, -0.2) is 9.18 Å². The summed E-state index contributed by atoms with van der Waals surface area (Å²) < 4.78 is 29.8. The maximum absolute atomic E-state index is 13.7. The van der Waals surface area contributed by atoms with Gasteiger partial charge in [0, 0.05) is 20.2 Å². The Hall–Kier alpha value is -2.02. The number of fused-ring (bicyclic) bond motifs is 2. The number of amides is 1. The number of hydrogen-bond donors (Lipinski definition) is 0. The first kappa shape index (κ1) is 19.7. The van der Waals surface area contributed by atoms with E-state index in [9.17, 15) is 9.18 Å². The van der Waals surface area contributed by atoms with E-state index in [0.717, 1.165) is 24.3 Å². The molecule has 2 aliphatic rings. The van der Waals surface area contributed by atoms with Crippen molar-refractivity contribution in [1.82, 2.24) is 4.90 Å². The van der Waals surface area contributed by atoms with E-state index in [-0.39, 0.29) is 12.6 Å². The summed E-state index contributed by atoms with van der Waals surface area (Å²) in [7, 11) is 1.37. The molecule has 0 N–H and O–H groups in total. The molecule has 7 heteroatoms. The highest BCUT2D eigenvalue weighted by molar-refractivity contribution is 5.69. The second-order valence-corrected chi connectivity index (χ2v) is 8.00. The molecule has 0 spiro atoms. The zero-order chi connectivity index (χ0) is 19.6. The summed E-state index contributed by atoms with van der Waals surface area (Å²) in [4.78, 5) is 16.1. The van der Waals surface area contributed by atoms with Crippen LogP contribution in [0, 0.1) is 0 Å². The topological polar surface area (TPSA) is 51.2 Å². The Morgan fingerprint density at radius 1 is 1.22 bits per heavy atom. The van der Waals surface area contributed by atoms with Crippen LogP contribution in [0.3, 0.4) is 0 Å². The van der Waals surface area contributed by atoms with E-state index in [4.69, 9.17) is 14.2 Å². The minimum absolute atomic E-state index is 0.176. The van der Waals surface area contributed by atoms with Crippen molar-refractivity contribution in [2.24, 2.45) is 0 Å². The SMILES string of the molecule is CO[C@@H](F)CN1CCOc2cc3c(cc21)CCN(C(=O)OC(C)(C)C)CC3. The molecule has 2 heterocycles. The molecule has 0 aliphatic carbocycles. The molecule has 0 radical (unpaired) electrons. The summed E-state index contributed by atoms with van der Waals surface area (Å²) in [6.07, 6.45) is -0.135. The molecule has 1 amide bonds. The molecule has 1 atom stereocenters. The molecular weight excluding hydrogens is 351 g/mol. The quantitative estimate of drug-likeness (QED) is 0.806. The lowest BCUT2D eigenvalue weighted by Crippen LogP contribution is -2.38. The Morgan fingerprint density at radius 3 is 2.52 bits per heavy atom. The monoisotopic (exact) mass is 380 g/mol. The van der Waals surface area contributed by atoms with E-state index in [2.05, 4.69) is 6.07 Å². The van der Waals surface area contributed by atoms with Crippen LogP contribution >= 0.6 is 0 Å². The van der Waals surface area contributed by atoms with Crippen molar-refractivity contribution in [2.45, 2.75) is 45.6 Å². The summed E-state index contributed by atoms with van der Waals surface area (Å²) in [6.45, 7) is 8.15. The fourth-order valence-corrected chi connectivity index (χ4v) is 3.44. The second-order valence-electron chi connectivity index (χ2n) is 8.00. The Kier molecular flexibility index (Phi) is 5.79. The highest BCUT2D eigenvalue weighted by Gasteiger charge is 2.27. The molecule has 1 aromatic rings. The zero-order valence-corrected chi connectivity index (χ0v) is 16.6. The third-order valence-corrected chi connectivity index (χ3v) is 4.81. The van der Waals surface area contributed by atoms with Crippen LogP contribution in [0.4, 0.5) is 14.9 Å². The van der Waals surface area contributed by atoms with Crippen molar-refractivity contribution in [3.05, 3.63) is 23.3 Å². The average Bonchev–Trinajstić information content (AvgIpc) is 2.81. The Bertz CT molecular complexity index is 689. The summed E-state index contributed by atoms with van der Waals surface area (Å²) in [6, 6.07) is 4.11. The van der Waals surface area contributed by atoms with E-state index >= 15 is 0 Å². The third-order valence-electron chi connectivity index (χ3n) is 4.81. The van der Waals surface area contributed by atoms with E-state index < -0.39 is 12.0 Å². The first-order valence-electron chi connectivity index (χ1n) is 9.45. The molecule has 6 nitrogen and oxygen atoms in total. The van der Waals surface area contributed by atoms with E-state index in [1.165, 1.54) is 18.2 Å². The van der Waals surface area contributed by atoms with Gasteiger partial charge in [-0.1, -0.05) is 0 Å². The lowest BCUT2D eigenvalue weighted by atomic mass is 10.0. The lowest BCUT2D eigenvalue weighted by Gasteiger charge is -2.32. The molecule has 1 aromatic carbocycles. The van der Waals surface area contributed by atoms with Gasteiger partial charge < -0.3 is 24.0 Å². The molecule has 0 saturated carbocycles. The Balaban J connectivity index is 1.76. The Labute approximate surface area is 160 Å². The van der Waals surface area contributed by atoms with E-state index in [1.807, 2.05) is 31.7 Å². The van der Waals surface area contributed by atoms with Crippen LogP contribution in [-0.4, -0.2) is 62.8 Å². The molecule has 0 bridgehead atoms. The second kappa shape index (κ2) is 7.92. The number of benzene rings is 1. The summed E-state index contributed by atoms with van der Waals surface area (Å²) >= 11 is 0. The molecule has 0 fully saturated rings. The third kappa shape index (κ3) is 4.83. The van der Waals surface area contributed by atoms with E-state index in [0.29, 0.717) is 26.2 Å². The number of rotatable bonds is 3. The first-order valence-corrected chi connectivity index (χ1v) is 9.45. The number of carbonyl (C=O) groups is 1. The van der Waals surface area contributed by atoms with Gasteiger partial charge in [0.2, 0.25) is 6.36 Å². The van der Waals surface area contributed by atoms with Gasteiger partial charge in [-0.3, -0.25) is 0 Å². The van der Waals surface area contributed by atoms with Gasteiger partial charge in [0.15, 0.2) is 0 Å². The molecular formula is C20H29FN2O4. The normalized spacial score (nSPS) is 18.1. The summed E-state index contributed by atoms with van der Waals surface area (Å²) in [5.41, 5.74) is 2.73. The maximum Gasteiger partial charge on any atom is 0.410 e. The highest BCUT2D eigenvalue weighted by Crippen LogP contribution is 2.36. The van der Waals surface area contributed by atoms with Gasteiger partial charge in [-0.2, -0.15) is 0 Å². The number of hydrogen-bond acceptors (Lipinski definition) is 5. The standard InChI is InChI=1S/C20H29FN2O4/c1-20(2,3)27-19(24)22-7-5-14-11-16-17(12-15(14)6-8-22)26-10-9-23(16)13-18(21)25-4/h11-12,18H,5-10,13H2,1-4H3/t18-/m1/s1. The van der Waals surface area contributed by atoms with Crippen LogP contribution in [-0.2, 0) is 22.3 Å². The number of anilines is 1. The molecule has 0 aromatic heterocycles. The maximum atomic E-state index is 13.7. The number of halogens is 1. The first-order chi connectivity index (χ1) is 12.8. The zero-order valence-electron chi connectivity index (χ0n) is 16.6. The molecule has 27 heavy (non-hydrogen) atoms. The fraction of sp³-hybridized carbons (Fsp3) is 0.650. The van der Waals surface area contributed by atoms with Gasteiger partial charge in [-0.05, 0) is 56.9 Å². The van der Waals surface area contributed by atoms with Crippen molar-refractivity contribution >= 4 is 11.8 Å². The predicted molar refractivity (Wildman–Crippen MR) is 101 cm³/mol. The molecule has 0 unspecified atom stereocenters. The van der Waals surface area contributed by atoms with Crippen LogP contribution < -0.4 is 9.64 Å². The molecule has 0 saturated heterocycles. The lowest BCUT2D eigenvalue weighted by molar-refractivity contribution is 0.00113. The molecule has 150 valence electrons. The van der Waals surface area contributed by atoms with Crippen LogP contribution in [0.2, 0.25) is 0 Å². The van der Waals surface area contributed by atoms with Crippen molar-refractivity contribution < 1.29 is 23.4 Å². The van der Waals surface area contributed by atoms with Crippen molar-refractivity contribution in [3.63, 3.8) is 0 Å². The van der Waals surface area contributed by atoms with Crippen LogP contribution in [0.1, 0.15) is 31.9 Å². The van der Waals surface area contributed by atoms with Crippen molar-refractivity contribution in [3.8, 4) is 5.75 Å². The molecule has 2 aliphatic heterocycles. The van der Waals surface area contributed by atoms with Gasteiger partial charge in [0.05, 0.1) is 18.8 Å². The number of ether oxygens (including phenoxy) is 3. The van der Waals surface area contributed by atoms with Crippen LogP contribution in [0.25, 0.3) is 0 Å². The van der Waals surface area contributed by atoms with Gasteiger partial charge in [-0.15, -0.1) is 0 Å². The number of carbonyl (C=O) groups excluding carboxylic acids is 1. The minimum Gasteiger partial charge on any atom is -0.490 e. The number of nitrogens with zero attached hydrogens (tertiary/aromatic N) is 2. The number of alkyl halides is 1.